The number of aromatic amines is 1. The Labute approximate surface area is 101 Å². The zero-order valence-electron chi connectivity index (χ0n) is 10.1. The van der Waals surface area contributed by atoms with Gasteiger partial charge in [0.25, 0.3) is 5.56 Å². The molecule has 1 atom stereocenters. The third-order valence-electron chi connectivity index (χ3n) is 2.94. The van der Waals surface area contributed by atoms with E-state index in [2.05, 4.69) is 16.9 Å². The summed E-state index contributed by atoms with van der Waals surface area (Å²) in [6.45, 7) is 3.87. The number of nitrogens with one attached hydrogen (secondary N) is 1. The molecule has 3 nitrogen and oxygen atoms in total. The number of nitrogens with zero attached hydrogens (tertiary/aromatic N) is 1. The van der Waals surface area contributed by atoms with Gasteiger partial charge in [0, 0.05) is 17.7 Å². The van der Waals surface area contributed by atoms with Gasteiger partial charge in [0.2, 0.25) is 0 Å². The standard InChI is InChI=1S/C14H16N2O/c1-3-12(11-7-5-4-6-8-11)13-9-15-10(2)16-14(13)17/h4-9,12H,3H2,1-2H3,(H,15,16,17). The van der Waals surface area contributed by atoms with Crippen molar-refractivity contribution in [3.8, 4) is 0 Å². The van der Waals surface area contributed by atoms with Gasteiger partial charge in [-0.1, -0.05) is 37.3 Å². The molecule has 2 aromatic rings. The Kier molecular flexibility index (Phi) is 3.38. The van der Waals surface area contributed by atoms with Crippen molar-refractivity contribution in [3.63, 3.8) is 0 Å². The van der Waals surface area contributed by atoms with Gasteiger partial charge in [-0.3, -0.25) is 4.79 Å². The molecule has 3 heteroatoms. The van der Waals surface area contributed by atoms with E-state index in [9.17, 15) is 4.79 Å². The number of hydrogen-bond acceptors (Lipinski definition) is 2. The maximum Gasteiger partial charge on any atom is 0.254 e. The molecule has 1 heterocycles. The highest BCUT2D eigenvalue weighted by Crippen LogP contribution is 2.24. The van der Waals surface area contributed by atoms with Crippen LogP contribution in [0, 0.1) is 6.92 Å². The molecule has 0 aliphatic rings. The van der Waals surface area contributed by atoms with Crippen LogP contribution < -0.4 is 5.56 Å². The second-order valence-electron chi connectivity index (χ2n) is 4.12. The lowest BCUT2D eigenvalue weighted by Gasteiger charge is -2.14. The summed E-state index contributed by atoms with van der Waals surface area (Å²) in [7, 11) is 0. The summed E-state index contributed by atoms with van der Waals surface area (Å²) >= 11 is 0. The highest BCUT2D eigenvalue weighted by atomic mass is 16.1. The van der Waals surface area contributed by atoms with E-state index < -0.39 is 0 Å². The molecule has 17 heavy (non-hydrogen) atoms. The van der Waals surface area contributed by atoms with Crippen molar-refractivity contribution < 1.29 is 0 Å². The molecule has 2 rings (SSSR count). The maximum atomic E-state index is 11.9. The second kappa shape index (κ2) is 4.95. The van der Waals surface area contributed by atoms with Crippen molar-refractivity contribution in [2.75, 3.05) is 0 Å². The van der Waals surface area contributed by atoms with Gasteiger partial charge in [-0.2, -0.15) is 0 Å². The average molecular weight is 228 g/mol. The Bertz CT molecular complexity index is 546. The minimum atomic E-state index is -0.0341. The lowest BCUT2D eigenvalue weighted by atomic mass is 9.91. The quantitative estimate of drug-likeness (QED) is 0.877. The Hall–Kier alpha value is -1.90. The highest BCUT2D eigenvalue weighted by molar-refractivity contribution is 5.29. The van der Waals surface area contributed by atoms with E-state index in [1.54, 1.807) is 13.1 Å². The summed E-state index contributed by atoms with van der Waals surface area (Å²) in [4.78, 5) is 18.9. The van der Waals surface area contributed by atoms with Crippen LogP contribution in [-0.4, -0.2) is 9.97 Å². The van der Waals surface area contributed by atoms with Crippen LogP contribution in [0.5, 0.6) is 0 Å². The fraction of sp³-hybridized carbons (Fsp3) is 0.286. The van der Waals surface area contributed by atoms with E-state index in [1.807, 2.05) is 30.3 Å². The first-order valence-corrected chi connectivity index (χ1v) is 5.83. The number of rotatable bonds is 3. The summed E-state index contributed by atoms with van der Waals surface area (Å²) in [5.41, 5.74) is 1.86. The third-order valence-corrected chi connectivity index (χ3v) is 2.94. The molecule has 1 aromatic carbocycles. The van der Waals surface area contributed by atoms with Crippen LogP contribution in [0.4, 0.5) is 0 Å². The summed E-state index contributed by atoms with van der Waals surface area (Å²) in [6, 6.07) is 10.1. The van der Waals surface area contributed by atoms with Crippen LogP contribution in [0.1, 0.15) is 36.2 Å². The van der Waals surface area contributed by atoms with Crippen molar-refractivity contribution in [1.29, 1.82) is 0 Å². The van der Waals surface area contributed by atoms with Crippen LogP contribution in [0.15, 0.2) is 41.3 Å². The Balaban J connectivity index is 2.46. The monoisotopic (exact) mass is 228 g/mol. The van der Waals surface area contributed by atoms with Crippen LogP contribution in [0.25, 0.3) is 0 Å². The summed E-state index contributed by atoms with van der Waals surface area (Å²) in [5.74, 6) is 0.773. The molecule has 0 aliphatic carbocycles. The fourth-order valence-electron chi connectivity index (χ4n) is 2.06. The maximum absolute atomic E-state index is 11.9. The zero-order chi connectivity index (χ0) is 12.3. The molecule has 0 fully saturated rings. The molecule has 0 radical (unpaired) electrons. The number of hydrogen-bond donors (Lipinski definition) is 1. The molecule has 1 N–H and O–H groups in total. The van der Waals surface area contributed by atoms with Gasteiger partial charge >= 0.3 is 0 Å². The predicted molar refractivity (Wildman–Crippen MR) is 68.2 cm³/mol. The molecule has 0 saturated heterocycles. The molecule has 0 bridgehead atoms. The van der Waals surface area contributed by atoms with Gasteiger partial charge in [-0.25, -0.2) is 4.98 Å². The Morgan fingerprint density at radius 3 is 2.59 bits per heavy atom. The van der Waals surface area contributed by atoms with E-state index in [1.165, 1.54) is 0 Å². The van der Waals surface area contributed by atoms with E-state index in [4.69, 9.17) is 0 Å². The van der Waals surface area contributed by atoms with E-state index >= 15 is 0 Å². The summed E-state index contributed by atoms with van der Waals surface area (Å²) in [6.07, 6.45) is 2.58. The molecular weight excluding hydrogens is 212 g/mol. The van der Waals surface area contributed by atoms with Crippen molar-refractivity contribution >= 4 is 0 Å². The first-order chi connectivity index (χ1) is 8.22. The first kappa shape index (κ1) is 11.6. The minimum absolute atomic E-state index is 0.0341. The molecule has 0 amide bonds. The van der Waals surface area contributed by atoms with E-state index in [0.29, 0.717) is 5.82 Å². The van der Waals surface area contributed by atoms with Crippen LogP contribution in [0.3, 0.4) is 0 Å². The number of benzene rings is 1. The lowest BCUT2D eigenvalue weighted by Crippen LogP contribution is -2.18. The van der Waals surface area contributed by atoms with Crippen LogP contribution in [0.2, 0.25) is 0 Å². The SMILES string of the molecule is CCC(c1ccccc1)c1cnc(C)[nH]c1=O. The molecule has 0 spiro atoms. The number of aryl methyl sites for hydroxylation is 1. The molecule has 0 saturated carbocycles. The van der Waals surface area contributed by atoms with Crippen molar-refractivity contribution in [3.05, 3.63) is 63.8 Å². The predicted octanol–water partition coefficient (Wildman–Crippen LogP) is 2.62. The first-order valence-electron chi connectivity index (χ1n) is 5.83. The third kappa shape index (κ3) is 2.44. The van der Waals surface area contributed by atoms with Crippen LogP contribution >= 0.6 is 0 Å². The van der Waals surface area contributed by atoms with Crippen LogP contribution in [-0.2, 0) is 0 Å². The topological polar surface area (TPSA) is 45.8 Å². The molecular formula is C14H16N2O. The van der Waals surface area contributed by atoms with E-state index in [0.717, 1.165) is 17.5 Å². The molecule has 0 aliphatic heterocycles. The highest BCUT2D eigenvalue weighted by Gasteiger charge is 2.15. The van der Waals surface area contributed by atoms with Gasteiger partial charge in [-0.15, -0.1) is 0 Å². The number of H-pyrrole nitrogens is 1. The van der Waals surface area contributed by atoms with Gasteiger partial charge in [0.15, 0.2) is 0 Å². The zero-order valence-corrected chi connectivity index (χ0v) is 10.1. The number of aromatic nitrogens is 2. The molecule has 1 unspecified atom stereocenters. The van der Waals surface area contributed by atoms with Crippen molar-refractivity contribution in [1.82, 2.24) is 9.97 Å². The normalized spacial score (nSPS) is 12.4. The summed E-state index contributed by atoms with van der Waals surface area (Å²) in [5, 5.41) is 0. The van der Waals surface area contributed by atoms with Crippen molar-refractivity contribution in [2.24, 2.45) is 0 Å². The average Bonchev–Trinajstić information content (AvgIpc) is 2.34. The van der Waals surface area contributed by atoms with Gasteiger partial charge < -0.3 is 4.98 Å². The van der Waals surface area contributed by atoms with Crippen molar-refractivity contribution in [2.45, 2.75) is 26.2 Å². The van der Waals surface area contributed by atoms with Gasteiger partial charge in [0.1, 0.15) is 5.82 Å². The lowest BCUT2D eigenvalue weighted by molar-refractivity contribution is 0.752. The minimum Gasteiger partial charge on any atom is -0.311 e. The van der Waals surface area contributed by atoms with Gasteiger partial charge in [-0.05, 0) is 18.9 Å². The summed E-state index contributed by atoms with van der Waals surface area (Å²) < 4.78 is 0. The Morgan fingerprint density at radius 2 is 2.00 bits per heavy atom. The second-order valence-corrected chi connectivity index (χ2v) is 4.12. The molecule has 1 aromatic heterocycles. The van der Waals surface area contributed by atoms with Gasteiger partial charge in [0.05, 0.1) is 0 Å². The fourth-order valence-corrected chi connectivity index (χ4v) is 2.06. The smallest absolute Gasteiger partial charge is 0.254 e. The Morgan fingerprint density at radius 1 is 1.29 bits per heavy atom. The van der Waals surface area contributed by atoms with E-state index in [-0.39, 0.29) is 11.5 Å². The largest absolute Gasteiger partial charge is 0.311 e. The molecule has 88 valence electrons.